The van der Waals surface area contributed by atoms with Gasteiger partial charge in [0.05, 0.1) is 25.0 Å². The summed E-state index contributed by atoms with van der Waals surface area (Å²) in [6, 6.07) is 0. The van der Waals surface area contributed by atoms with E-state index >= 15 is 0 Å². The van der Waals surface area contributed by atoms with Crippen LogP contribution >= 0.6 is 0 Å². The van der Waals surface area contributed by atoms with E-state index in [-0.39, 0.29) is 11.9 Å². The van der Waals surface area contributed by atoms with Crippen LogP contribution < -0.4 is 0 Å². The number of ether oxygens (including phenoxy) is 2. The standard InChI is InChI=1S/C12H22O4/c1-5-7-15-11(13)9(3)10(4)12(14)16-8-6-2/h9-10H,5-8H2,1-4H3. The average molecular weight is 230 g/mol. The number of hydrogen-bond donors (Lipinski definition) is 0. The van der Waals surface area contributed by atoms with Gasteiger partial charge in [0.1, 0.15) is 0 Å². The van der Waals surface area contributed by atoms with Crippen LogP contribution in [0.2, 0.25) is 0 Å². The van der Waals surface area contributed by atoms with Crippen LogP contribution in [-0.4, -0.2) is 25.2 Å². The first kappa shape index (κ1) is 14.9. The molecular formula is C12H22O4. The highest BCUT2D eigenvalue weighted by Crippen LogP contribution is 2.14. The van der Waals surface area contributed by atoms with Crippen LogP contribution in [0.1, 0.15) is 40.5 Å². The van der Waals surface area contributed by atoms with E-state index in [2.05, 4.69) is 0 Å². The topological polar surface area (TPSA) is 52.6 Å². The van der Waals surface area contributed by atoms with Gasteiger partial charge < -0.3 is 9.47 Å². The van der Waals surface area contributed by atoms with Crippen LogP contribution in [0.3, 0.4) is 0 Å². The lowest BCUT2D eigenvalue weighted by Gasteiger charge is -2.17. The summed E-state index contributed by atoms with van der Waals surface area (Å²) in [7, 11) is 0. The molecule has 4 nitrogen and oxygen atoms in total. The van der Waals surface area contributed by atoms with Crippen molar-refractivity contribution in [1.82, 2.24) is 0 Å². The predicted molar refractivity (Wildman–Crippen MR) is 60.8 cm³/mol. The number of carbonyl (C=O) groups excluding carboxylic acids is 2. The summed E-state index contributed by atoms with van der Waals surface area (Å²) < 4.78 is 9.96. The van der Waals surface area contributed by atoms with E-state index < -0.39 is 11.8 Å². The lowest BCUT2D eigenvalue weighted by Crippen LogP contribution is -2.28. The lowest BCUT2D eigenvalue weighted by atomic mass is 9.96. The fraction of sp³-hybridized carbons (Fsp3) is 0.833. The molecule has 0 amide bonds. The van der Waals surface area contributed by atoms with Crippen molar-refractivity contribution in [2.24, 2.45) is 11.8 Å². The first-order valence-electron chi connectivity index (χ1n) is 5.87. The maximum atomic E-state index is 11.5. The molecule has 0 aromatic carbocycles. The molecule has 94 valence electrons. The van der Waals surface area contributed by atoms with Crippen molar-refractivity contribution >= 4 is 11.9 Å². The van der Waals surface area contributed by atoms with E-state index in [0.717, 1.165) is 12.8 Å². The van der Waals surface area contributed by atoms with Crippen molar-refractivity contribution in [2.45, 2.75) is 40.5 Å². The molecule has 0 saturated carbocycles. The Kier molecular flexibility index (Phi) is 7.60. The summed E-state index contributed by atoms with van der Waals surface area (Å²) in [5, 5.41) is 0. The summed E-state index contributed by atoms with van der Waals surface area (Å²) in [5.74, 6) is -1.56. The minimum absolute atomic E-state index is 0.331. The van der Waals surface area contributed by atoms with Crippen molar-refractivity contribution in [1.29, 1.82) is 0 Å². The molecule has 0 aliphatic heterocycles. The van der Waals surface area contributed by atoms with Crippen molar-refractivity contribution in [3.8, 4) is 0 Å². The molecule has 0 bridgehead atoms. The largest absolute Gasteiger partial charge is 0.465 e. The smallest absolute Gasteiger partial charge is 0.309 e. The second-order valence-electron chi connectivity index (χ2n) is 3.91. The van der Waals surface area contributed by atoms with Gasteiger partial charge in [0.15, 0.2) is 0 Å². The molecule has 2 unspecified atom stereocenters. The van der Waals surface area contributed by atoms with E-state index in [0.29, 0.717) is 13.2 Å². The quantitative estimate of drug-likeness (QED) is 0.629. The Morgan fingerprint density at radius 1 is 0.875 bits per heavy atom. The molecule has 0 aromatic rings. The lowest BCUT2D eigenvalue weighted by molar-refractivity contribution is -0.159. The Hall–Kier alpha value is -1.06. The van der Waals surface area contributed by atoms with Crippen LogP contribution in [0.4, 0.5) is 0 Å². The van der Waals surface area contributed by atoms with Gasteiger partial charge >= 0.3 is 11.9 Å². The van der Waals surface area contributed by atoms with Crippen LogP contribution in [0.25, 0.3) is 0 Å². The number of carbonyl (C=O) groups is 2. The molecule has 4 heteroatoms. The fourth-order valence-corrected chi connectivity index (χ4v) is 1.08. The summed E-state index contributed by atoms with van der Waals surface area (Å²) in [5.41, 5.74) is 0. The maximum Gasteiger partial charge on any atom is 0.309 e. The zero-order valence-electron chi connectivity index (χ0n) is 10.6. The number of rotatable bonds is 7. The molecule has 2 atom stereocenters. The molecular weight excluding hydrogens is 208 g/mol. The Balaban J connectivity index is 4.09. The second-order valence-corrected chi connectivity index (χ2v) is 3.91. The van der Waals surface area contributed by atoms with Gasteiger partial charge in [-0.1, -0.05) is 27.7 Å². The number of hydrogen-bond acceptors (Lipinski definition) is 4. The first-order chi connectivity index (χ1) is 7.54. The summed E-state index contributed by atoms with van der Waals surface area (Å²) >= 11 is 0. The molecule has 0 aliphatic rings. The third-order valence-electron chi connectivity index (χ3n) is 2.39. The van der Waals surface area contributed by atoms with Gasteiger partial charge in [0.25, 0.3) is 0 Å². The van der Waals surface area contributed by atoms with Crippen molar-refractivity contribution in [2.75, 3.05) is 13.2 Å². The van der Waals surface area contributed by atoms with Gasteiger partial charge in [-0.15, -0.1) is 0 Å². The Morgan fingerprint density at radius 2 is 1.19 bits per heavy atom. The summed E-state index contributed by atoms with van der Waals surface area (Å²) in [6.07, 6.45) is 1.57. The molecule has 0 saturated heterocycles. The van der Waals surface area contributed by atoms with Crippen LogP contribution in [0.5, 0.6) is 0 Å². The third-order valence-corrected chi connectivity index (χ3v) is 2.39. The second kappa shape index (κ2) is 8.13. The highest BCUT2D eigenvalue weighted by molar-refractivity contribution is 5.81. The number of esters is 2. The molecule has 16 heavy (non-hydrogen) atoms. The van der Waals surface area contributed by atoms with Gasteiger partial charge in [-0.25, -0.2) is 0 Å². The average Bonchev–Trinajstić information content (AvgIpc) is 2.30. The Labute approximate surface area is 97.3 Å². The molecule has 0 fully saturated rings. The molecule has 0 N–H and O–H groups in total. The molecule has 0 aliphatic carbocycles. The van der Waals surface area contributed by atoms with Gasteiger partial charge in [0.2, 0.25) is 0 Å². The van der Waals surface area contributed by atoms with Gasteiger partial charge in [-0.05, 0) is 12.8 Å². The van der Waals surface area contributed by atoms with Crippen molar-refractivity contribution < 1.29 is 19.1 Å². The molecule has 0 spiro atoms. The fourth-order valence-electron chi connectivity index (χ4n) is 1.08. The highest BCUT2D eigenvalue weighted by atomic mass is 16.5. The zero-order valence-corrected chi connectivity index (χ0v) is 10.6. The molecule has 0 heterocycles. The van der Waals surface area contributed by atoms with Crippen LogP contribution in [0.15, 0.2) is 0 Å². The SMILES string of the molecule is CCCOC(=O)C(C)C(C)C(=O)OCCC. The molecule has 0 aromatic heterocycles. The molecule has 0 radical (unpaired) electrons. The van der Waals surface area contributed by atoms with E-state index in [1.807, 2.05) is 13.8 Å². The Bertz CT molecular complexity index is 201. The van der Waals surface area contributed by atoms with Crippen LogP contribution in [-0.2, 0) is 19.1 Å². The van der Waals surface area contributed by atoms with E-state index in [4.69, 9.17) is 9.47 Å². The predicted octanol–water partition coefficient (Wildman–Crippen LogP) is 2.17. The van der Waals surface area contributed by atoms with E-state index in [1.54, 1.807) is 13.8 Å². The van der Waals surface area contributed by atoms with E-state index in [9.17, 15) is 9.59 Å². The maximum absolute atomic E-state index is 11.5. The van der Waals surface area contributed by atoms with Gasteiger partial charge in [0, 0.05) is 0 Å². The minimum atomic E-state index is -0.448. The highest BCUT2D eigenvalue weighted by Gasteiger charge is 2.28. The zero-order chi connectivity index (χ0) is 12.6. The summed E-state index contributed by atoms with van der Waals surface area (Å²) in [6.45, 7) is 8.04. The Morgan fingerprint density at radius 3 is 1.44 bits per heavy atom. The van der Waals surface area contributed by atoms with Crippen LogP contribution in [0, 0.1) is 11.8 Å². The first-order valence-corrected chi connectivity index (χ1v) is 5.87. The van der Waals surface area contributed by atoms with E-state index in [1.165, 1.54) is 0 Å². The molecule has 0 rings (SSSR count). The monoisotopic (exact) mass is 230 g/mol. The minimum Gasteiger partial charge on any atom is -0.465 e. The van der Waals surface area contributed by atoms with Gasteiger partial charge in [-0.2, -0.15) is 0 Å². The third kappa shape index (κ3) is 5.14. The van der Waals surface area contributed by atoms with Crippen molar-refractivity contribution in [3.05, 3.63) is 0 Å². The van der Waals surface area contributed by atoms with Crippen molar-refractivity contribution in [3.63, 3.8) is 0 Å². The van der Waals surface area contributed by atoms with Gasteiger partial charge in [-0.3, -0.25) is 9.59 Å². The normalized spacial score (nSPS) is 14.0. The summed E-state index contributed by atoms with van der Waals surface area (Å²) in [4.78, 5) is 23.0.